The van der Waals surface area contributed by atoms with Gasteiger partial charge in [-0.25, -0.2) is 4.39 Å². The maximum absolute atomic E-state index is 13.6. The fourth-order valence-electron chi connectivity index (χ4n) is 1.66. The molecule has 0 amide bonds. The first-order chi connectivity index (χ1) is 10.0. The lowest BCUT2D eigenvalue weighted by Crippen LogP contribution is -2.12. The molecule has 0 aliphatic rings. The van der Waals surface area contributed by atoms with Gasteiger partial charge in [-0.15, -0.1) is 0 Å². The van der Waals surface area contributed by atoms with E-state index in [9.17, 15) is 9.18 Å². The van der Waals surface area contributed by atoms with Gasteiger partial charge in [-0.2, -0.15) is 0 Å². The molecule has 0 fully saturated rings. The fourth-order valence-corrected chi connectivity index (χ4v) is 2.82. The average Bonchev–Trinajstić information content (AvgIpc) is 2.46. The number of Topliss-reactive ketones (excluding diaryl/α,β-unsaturated/α-hetero) is 1. The molecule has 21 heavy (non-hydrogen) atoms. The number of carbonyl (C=O) groups is 1. The lowest BCUT2D eigenvalue weighted by molar-refractivity contribution is 0.0920. The minimum Gasteiger partial charge on any atom is -0.494 e. The number of carbonyl (C=O) groups excluding carboxylic acids is 1. The average molecular weight is 418 g/mol. The van der Waals surface area contributed by atoms with E-state index in [0.29, 0.717) is 5.75 Å². The molecule has 0 saturated heterocycles. The van der Waals surface area contributed by atoms with Crippen molar-refractivity contribution in [2.24, 2.45) is 0 Å². The van der Waals surface area contributed by atoms with Gasteiger partial charge in [0.1, 0.15) is 5.75 Å². The molecule has 0 bridgehead atoms. The smallest absolute Gasteiger partial charge is 0.200 e. The van der Waals surface area contributed by atoms with Crippen LogP contribution in [0, 0.1) is 5.82 Å². The van der Waals surface area contributed by atoms with Gasteiger partial charge in [-0.1, -0.05) is 15.9 Å². The number of ketones is 1. The van der Waals surface area contributed by atoms with Crippen LogP contribution in [-0.2, 0) is 0 Å². The third-order valence-electron chi connectivity index (χ3n) is 2.73. The van der Waals surface area contributed by atoms with Crippen molar-refractivity contribution in [3.63, 3.8) is 0 Å². The van der Waals surface area contributed by atoms with Crippen LogP contribution in [0.1, 0.15) is 10.4 Å². The molecular weight excluding hydrogens is 407 g/mol. The molecule has 0 aliphatic heterocycles. The summed E-state index contributed by atoms with van der Waals surface area (Å²) in [5.74, 6) is -0.247. The van der Waals surface area contributed by atoms with Crippen molar-refractivity contribution in [3.8, 4) is 11.5 Å². The molecule has 0 saturated carbocycles. The minimum absolute atomic E-state index is 0.100. The molecule has 0 atom stereocenters. The topological polar surface area (TPSA) is 35.5 Å². The van der Waals surface area contributed by atoms with Crippen molar-refractivity contribution in [1.82, 2.24) is 0 Å². The molecule has 6 heteroatoms. The van der Waals surface area contributed by atoms with Gasteiger partial charge < -0.3 is 9.47 Å². The van der Waals surface area contributed by atoms with Gasteiger partial charge in [0.15, 0.2) is 24.0 Å². The van der Waals surface area contributed by atoms with E-state index in [1.807, 2.05) is 6.07 Å². The van der Waals surface area contributed by atoms with Gasteiger partial charge in [0.05, 0.1) is 11.6 Å². The fraction of sp³-hybridized carbons (Fsp3) is 0.133. The molecule has 3 nitrogen and oxygen atoms in total. The summed E-state index contributed by atoms with van der Waals surface area (Å²) in [5, 5.41) is 0. The molecule has 0 heterocycles. The van der Waals surface area contributed by atoms with Crippen LogP contribution < -0.4 is 9.47 Å². The highest BCUT2D eigenvalue weighted by atomic mass is 79.9. The summed E-state index contributed by atoms with van der Waals surface area (Å²) in [7, 11) is 1.37. The summed E-state index contributed by atoms with van der Waals surface area (Å²) in [4.78, 5) is 12.0. The Bertz CT molecular complexity index is 674. The van der Waals surface area contributed by atoms with E-state index in [0.717, 1.165) is 15.0 Å². The Morgan fingerprint density at radius 1 is 1.14 bits per heavy atom. The molecule has 2 aromatic rings. The second-order valence-electron chi connectivity index (χ2n) is 4.14. The zero-order chi connectivity index (χ0) is 15.4. The van der Waals surface area contributed by atoms with Crippen LogP contribution in [0.2, 0.25) is 0 Å². The second kappa shape index (κ2) is 7.04. The monoisotopic (exact) mass is 416 g/mol. The Hall–Kier alpha value is -1.40. The highest BCUT2D eigenvalue weighted by Gasteiger charge is 2.12. The van der Waals surface area contributed by atoms with E-state index in [2.05, 4.69) is 31.9 Å². The molecular formula is C15H11Br2FO3. The molecule has 0 radical (unpaired) electrons. The minimum atomic E-state index is -0.576. The van der Waals surface area contributed by atoms with Crippen LogP contribution in [0.3, 0.4) is 0 Å². The number of halogens is 3. The second-order valence-corrected chi connectivity index (χ2v) is 5.91. The lowest BCUT2D eigenvalue weighted by atomic mass is 10.1. The van der Waals surface area contributed by atoms with Crippen molar-refractivity contribution >= 4 is 37.6 Å². The van der Waals surface area contributed by atoms with E-state index in [1.165, 1.54) is 19.2 Å². The molecule has 0 aliphatic carbocycles. The van der Waals surface area contributed by atoms with Gasteiger partial charge >= 0.3 is 0 Å². The zero-order valence-corrected chi connectivity index (χ0v) is 14.2. The highest BCUT2D eigenvalue weighted by Crippen LogP contribution is 2.28. The van der Waals surface area contributed by atoms with Gasteiger partial charge in [-0.3, -0.25) is 4.79 Å². The van der Waals surface area contributed by atoms with Crippen LogP contribution in [0.15, 0.2) is 45.3 Å². The third-order valence-corrected chi connectivity index (χ3v) is 3.84. The number of ether oxygens (including phenoxy) is 2. The number of hydrogen-bond donors (Lipinski definition) is 0. The quantitative estimate of drug-likeness (QED) is 0.666. The van der Waals surface area contributed by atoms with E-state index in [-0.39, 0.29) is 23.7 Å². The van der Waals surface area contributed by atoms with E-state index in [4.69, 9.17) is 9.47 Å². The van der Waals surface area contributed by atoms with E-state index >= 15 is 0 Å². The van der Waals surface area contributed by atoms with Crippen molar-refractivity contribution in [3.05, 3.63) is 56.7 Å². The normalized spacial score (nSPS) is 10.3. The first kappa shape index (κ1) is 16.0. The van der Waals surface area contributed by atoms with Crippen LogP contribution in [0.4, 0.5) is 4.39 Å². The van der Waals surface area contributed by atoms with Crippen molar-refractivity contribution < 1.29 is 18.7 Å². The Morgan fingerprint density at radius 2 is 1.86 bits per heavy atom. The first-order valence-corrected chi connectivity index (χ1v) is 7.54. The maximum Gasteiger partial charge on any atom is 0.200 e. The van der Waals surface area contributed by atoms with Crippen LogP contribution in [0.25, 0.3) is 0 Å². The van der Waals surface area contributed by atoms with Gasteiger partial charge in [0.2, 0.25) is 0 Å². The lowest BCUT2D eigenvalue weighted by Gasteiger charge is -2.08. The summed E-state index contributed by atoms with van der Waals surface area (Å²) >= 11 is 6.67. The van der Waals surface area contributed by atoms with Crippen LogP contribution >= 0.6 is 31.9 Å². The summed E-state index contributed by atoms with van der Waals surface area (Å²) in [6, 6.07) is 9.41. The van der Waals surface area contributed by atoms with Crippen molar-refractivity contribution in [2.45, 2.75) is 0 Å². The van der Waals surface area contributed by atoms with Crippen molar-refractivity contribution in [1.29, 1.82) is 0 Å². The molecule has 0 aromatic heterocycles. The number of rotatable bonds is 5. The number of benzene rings is 2. The molecule has 2 rings (SSSR count). The summed E-state index contributed by atoms with van der Waals surface area (Å²) < 4.78 is 25.4. The highest BCUT2D eigenvalue weighted by molar-refractivity contribution is 9.11. The molecule has 0 spiro atoms. The summed E-state index contributed by atoms with van der Waals surface area (Å²) in [6.45, 7) is -0.175. The van der Waals surface area contributed by atoms with Gasteiger partial charge in [0, 0.05) is 10.0 Å². The largest absolute Gasteiger partial charge is 0.494 e. The van der Waals surface area contributed by atoms with Crippen LogP contribution in [0.5, 0.6) is 11.5 Å². The third kappa shape index (κ3) is 4.04. The Labute approximate surface area is 138 Å². The SMILES string of the molecule is COc1ccc(C(=O)COc2ccc(Br)cc2Br)cc1F. The molecule has 0 unspecified atom stereocenters. The Kier molecular flexibility index (Phi) is 5.36. The standard InChI is InChI=1S/C15H11Br2FO3/c1-20-15-4-2-9(6-12(15)18)13(19)8-21-14-5-3-10(16)7-11(14)17/h2-7H,8H2,1H3. The van der Waals surface area contributed by atoms with E-state index < -0.39 is 5.82 Å². The number of methoxy groups -OCH3 is 1. The number of hydrogen-bond acceptors (Lipinski definition) is 3. The predicted octanol–water partition coefficient (Wildman–Crippen LogP) is 4.62. The molecule has 0 N–H and O–H groups in total. The summed E-state index contributed by atoms with van der Waals surface area (Å²) in [5.41, 5.74) is 0.238. The molecule has 110 valence electrons. The van der Waals surface area contributed by atoms with Crippen molar-refractivity contribution in [2.75, 3.05) is 13.7 Å². The molecule has 2 aromatic carbocycles. The van der Waals surface area contributed by atoms with Gasteiger partial charge in [-0.05, 0) is 52.3 Å². The first-order valence-electron chi connectivity index (χ1n) is 5.96. The van der Waals surface area contributed by atoms with Gasteiger partial charge in [0.25, 0.3) is 0 Å². The predicted molar refractivity (Wildman–Crippen MR) is 84.6 cm³/mol. The van der Waals surface area contributed by atoms with E-state index in [1.54, 1.807) is 12.1 Å². The Balaban J connectivity index is 2.06. The zero-order valence-electron chi connectivity index (χ0n) is 11.0. The maximum atomic E-state index is 13.6. The van der Waals surface area contributed by atoms with Crippen LogP contribution in [-0.4, -0.2) is 19.5 Å². The summed E-state index contributed by atoms with van der Waals surface area (Å²) in [6.07, 6.45) is 0. The Morgan fingerprint density at radius 3 is 2.48 bits per heavy atom.